The van der Waals surface area contributed by atoms with Crippen LogP contribution < -0.4 is 11.1 Å². The van der Waals surface area contributed by atoms with Gasteiger partial charge in [-0.05, 0) is 55.7 Å². The first kappa shape index (κ1) is 38.1. The maximum absolute atomic E-state index is 13.6. The van der Waals surface area contributed by atoms with E-state index in [1.54, 1.807) is 7.05 Å². The highest BCUT2D eigenvalue weighted by Crippen LogP contribution is 2.37. The summed E-state index contributed by atoms with van der Waals surface area (Å²) in [6.45, 7) is 14.3. The normalized spacial score (nSPS) is 17.3. The molecule has 1 aromatic rings. The Morgan fingerprint density at radius 3 is 2.40 bits per heavy atom. The smallest absolute Gasteiger partial charge is 0.390 e. The molecule has 0 radical (unpaired) electrons. The Balaban J connectivity index is 0.000000493. The number of rotatable bonds is 11. The number of allylic oxidation sites excluding steroid dienone is 1. The molecule has 2 amide bonds. The summed E-state index contributed by atoms with van der Waals surface area (Å²) < 4.78 is 46.3. The van der Waals surface area contributed by atoms with Gasteiger partial charge in [0.25, 0.3) is 5.91 Å². The number of amides is 2. The second-order valence-electron chi connectivity index (χ2n) is 10.2. The van der Waals surface area contributed by atoms with Crippen molar-refractivity contribution >= 4 is 49.3 Å². The van der Waals surface area contributed by atoms with Crippen LogP contribution in [0.5, 0.6) is 0 Å². The number of alkyl halides is 3. The fourth-order valence-corrected chi connectivity index (χ4v) is 5.88. The zero-order valence-corrected chi connectivity index (χ0v) is 27.4. The molecule has 250 valence electrons. The maximum Gasteiger partial charge on any atom is 0.416 e. The Hall–Kier alpha value is -3.07. The largest absolute Gasteiger partial charge is 0.416 e. The van der Waals surface area contributed by atoms with E-state index in [1.165, 1.54) is 24.5 Å². The van der Waals surface area contributed by atoms with Crippen molar-refractivity contribution < 1.29 is 27.5 Å². The van der Waals surface area contributed by atoms with E-state index in [0.29, 0.717) is 30.8 Å². The monoisotopic (exact) mass is 673 g/mol. The quantitative estimate of drug-likeness (QED) is 0.0874. The molecule has 3 N–H and O–H groups in total. The highest BCUT2D eigenvalue weighted by atomic mass is 35.5. The summed E-state index contributed by atoms with van der Waals surface area (Å²) in [7, 11) is 1.77. The van der Waals surface area contributed by atoms with Gasteiger partial charge in [0.05, 0.1) is 31.9 Å². The van der Waals surface area contributed by atoms with Crippen molar-refractivity contribution in [1.29, 1.82) is 0 Å². The van der Waals surface area contributed by atoms with Crippen LogP contribution in [0.1, 0.15) is 43.7 Å². The molecule has 0 spiro atoms. The van der Waals surface area contributed by atoms with E-state index in [1.807, 2.05) is 23.8 Å². The zero-order valence-electron chi connectivity index (χ0n) is 25.8. The number of aliphatic imine (C=N–C) groups is 1. The second kappa shape index (κ2) is 19.4. The molecule has 1 aromatic carbocycles. The van der Waals surface area contributed by atoms with E-state index >= 15 is 0 Å². The van der Waals surface area contributed by atoms with Gasteiger partial charge in [-0.15, -0.1) is 0 Å². The molecule has 15 heteroatoms. The van der Waals surface area contributed by atoms with Gasteiger partial charge in [-0.3, -0.25) is 14.6 Å². The van der Waals surface area contributed by atoms with Crippen LogP contribution in [0.2, 0.25) is 5.02 Å². The predicted octanol–water partition coefficient (Wildman–Crippen LogP) is 4.71. The van der Waals surface area contributed by atoms with Crippen molar-refractivity contribution in [3.63, 3.8) is 0 Å². The Morgan fingerprint density at radius 2 is 1.93 bits per heavy atom. The summed E-state index contributed by atoms with van der Waals surface area (Å²) >= 11 is 8.01. The number of nitrogens with zero attached hydrogens (tertiary/aromatic N) is 5. The van der Waals surface area contributed by atoms with Gasteiger partial charge in [0.15, 0.2) is 0 Å². The van der Waals surface area contributed by atoms with Crippen LogP contribution in [0.25, 0.3) is 0 Å². The number of hydrogen-bond donors (Lipinski definition) is 2. The molecule has 4 rings (SSSR count). The molecule has 3 aliphatic rings. The number of nitrogens with two attached hydrogens (primary N) is 1. The molecule has 0 atom stereocenters. The van der Waals surface area contributed by atoms with Crippen LogP contribution in [-0.4, -0.2) is 98.2 Å². The predicted molar refractivity (Wildman–Crippen MR) is 175 cm³/mol. The van der Waals surface area contributed by atoms with E-state index in [2.05, 4.69) is 45.0 Å². The number of hydrogen-bond acceptors (Lipinski definition) is 9. The Labute approximate surface area is 272 Å². The van der Waals surface area contributed by atoms with Crippen LogP contribution in [0.15, 0.2) is 51.3 Å². The van der Waals surface area contributed by atoms with Gasteiger partial charge in [0.1, 0.15) is 5.70 Å². The molecule has 1 saturated heterocycles. The lowest BCUT2D eigenvalue weighted by molar-refractivity contribution is -0.137. The molecule has 0 bridgehead atoms. The van der Waals surface area contributed by atoms with Crippen LogP contribution in [-0.2, 0) is 27.0 Å². The molecular weight excluding hydrogens is 631 g/mol. The SMILES string of the molecule is C=NCC1=CCOCC1.C=NN(Cc1ccc(C(F)(F)F)cc1Cl)C(=O)/C(=C(/CC)NC)N1CCN(SC2CC2)CC1.NC=O. The molecule has 2 aliphatic heterocycles. The first-order valence-corrected chi connectivity index (χ1v) is 15.8. The summed E-state index contributed by atoms with van der Waals surface area (Å²) in [4.78, 5) is 28.0. The van der Waals surface area contributed by atoms with Crippen molar-refractivity contribution in [2.45, 2.75) is 50.6 Å². The highest BCUT2D eigenvalue weighted by Gasteiger charge is 2.33. The molecule has 2 heterocycles. The molecule has 10 nitrogen and oxygen atoms in total. The number of ether oxygens (including phenoxy) is 1. The average Bonchev–Trinajstić information content (AvgIpc) is 3.84. The van der Waals surface area contributed by atoms with Crippen molar-refractivity contribution in [2.75, 3.05) is 53.0 Å². The molecular formula is C30H43ClF3N7O3S. The maximum atomic E-state index is 13.6. The molecule has 2 fully saturated rings. The molecule has 45 heavy (non-hydrogen) atoms. The number of nitrogens with one attached hydrogen (secondary N) is 1. The van der Waals surface area contributed by atoms with Gasteiger partial charge in [0.2, 0.25) is 6.41 Å². The number of hydrazone groups is 1. The molecule has 0 unspecified atom stereocenters. The van der Waals surface area contributed by atoms with Gasteiger partial charge >= 0.3 is 6.18 Å². The van der Waals surface area contributed by atoms with Crippen LogP contribution in [0.3, 0.4) is 0 Å². The number of piperazine rings is 1. The number of carbonyl (C=O) groups excluding carboxylic acids is 2. The lowest BCUT2D eigenvalue weighted by Crippen LogP contribution is -2.47. The van der Waals surface area contributed by atoms with Crippen LogP contribution in [0.4, 0.5) is 13.2 Å². The van der Waals surface area contributed by atoms with Crippen molar-refractivity contribution in [2.24, 2.45) is 15.8 Å². The third-order valence-electron chi connectivity index (χ3n) is 7.00. The van der Waals surface area contributed by atoms with Gasteiger partial charge in [-0.25, -0.2) is 9.31 Å². The standard InChI is InChI=1S/C22H29ClF3N5OS.C7H11NO.CH3NO/c1-4-19(27-2)20(29-9-11-30(12-10-29)33-17-7-8-17)21(32)31(28-3)14-15-5-6-16(13-18(15)23)22(24,25)26;1-8-6-7-2-4-9-5-3-7;2-1-3/h5-6,13,17,27H,3-4,7-12,14H2,1-2H3;2H,1,3-6H2;1H,(H2,2,3)/b20-19+;;. The summed E-state index contributed by atoms with van der Waals surface area (Å²) in [6.07, 6.45) is 2.01. The Bertz CT molecular complexity index is 1200. The third kappa shape index (κ3) is 12.7. The van der Waals surface area contributed by atoms with Gasteiger partial charge in [-0.2, -0.15) is 18.3 Å². The van der Waals surface area contributed by atoms with E-state index in [9.17, 15) is 18.0 Å². The van der Waals surface area contributed by atoms with Crippen molar-refractivity contribution in [3.05, 3.63) is 57.4 Å². The summed E-state index contributed by atoms with van der Waals surface area (Å²) in [6, 6.07) is 3.08. The minimum absolute atomic E-state index is 0.0770. The number of halogens is 4. The lowest BCUT2D eigenvalue weighted by Gasteiger charge is -2.37. The third-order valence-corrected chi connectivity index (χ3v) is 8.78. The minimum atomic E-state index is -4.49. The summed E-state index contributed by atoms with van der Waals surface area (Å²) in [5.74, 6) is -0.365. The molecule has 1 aliphatic carbocycles. The molecule has 0 aromatic heterocycles. The Morgan fingerprint density at radius 1 is 1.27 bits per heavy atom. The van der Waals surface area contributed by atoms with E-state index in [4.69, 9.17) is 21.1 Å². The number of primary amides is 1. The molecule has 1 saturated carbocycles. The fraction of sp³-hybridized carbons (Fsp3) is 0.533. The van der Waals surface area contributed by atoms with Crippen molar-refractivity contribution in [1.82, 2.24) is 19.5 Å². The second-order valence-corrected chi connectivity index (χ2v) is 12.0. The summed E-state index contributed by atoms with van der Waals surface area (Å²) in [5.41, 5.74) is 6.32. The first-order chi connectivity index (χ1) is 21.5. The zero-order chi connectivity index (χ0) is 33.4. The number of carbonyl (C=O) groups is 2. The lowest BCUT2D eigenvalue weighted by atomic mass is 10.1. The van der Waals surface area contributed by atoms with E-state index in [-0.39, 0.29) is 23.9 Å². The minimum Gasteiger partial charge on any atom is -0.390 e. The van der Waals surface area contributed by atoms with E-state index < -0.39 is 11.7 Å². The van der Waals surface area contributed by atoms with Gasteiger partial charge in [0, 0.05) is 55.9 Å². The first-order valence-electron chi connectivity index (χ1n) is 14.6. The summed E-state index contributed by atoms with van der Waals surface area (Å²) in [5, 5.41) is 8.80. The topological polar surface area (TPSA) is 116 Å². The van der Waals surface area contributed by atoms with Crippen molar-refractivity contribution in [3.8, 4) is 0 Å². The Kier molecular flexibility index (Phi) is 16.5. The van der Waals surface area contributed by atoms with Crippen LogP contribution >= 0.6 is 23.5 Å². The highest BCUT2D eigenvalue weighted by molar-refractivity contribution is 7.97. The van der Waals surface area contributed by atoms with Crippen LogP contribution in [0, 0.1) is 0 Å². The van der Waals surface area contributed by atoms with E-state index in [0.717, 1.165) is 67.4 Å². The van der Waals surface area contributed by atoms with Gasteiger partial charge < -0.3 is 20.7 Å². The average molecular weight is 674 g/mol. The fourth-order valence-electron chi connectivity index (χ4n) is 4.49. The number of benzene rings is 1. The van der Waals surface area contributed by atoms with Gasteiger partial charge in [-0.1, -0.05) is 42.6 Å².